The van der Waals surface area contributed by atoms with E-state index in [2.05, 4.69) is 37.1 Å². The molecule has 0 aliphatic carbocycles. The fraction of sp³-hybridized carbons (Fsp3) is 0.765. The molecule has 1 aliphatic heterocycles. The molecule has 1 atom stereocenters. The third kappa shape index (κ3) is 4.10. The minimum Gasteiger partial charge on any atom is -0.468 e. The van der Waals surface area contributed by atoms with Crippen molar-refractivity contribution in [1.29, 1.82) is 0 Å². The highest BCUT2D eigenvalue weighted by atomic mass is 16.3. The van der Waals surface area contributed by atoms with Gasteiger partial charge in [0.05, 0.1) is 12.8 Å². The summed E-state index contributed by atoms with van der Waals surface area (Å²) < 4.78 is 5.56. The summed E-state index contributed by atoms with van der Waals surface area (Å²) in [6.07, 6.45) is 5.83. The topological polar surface area (TPSA) is 28.4 Å². The van der Waals surface area contributed by atoms with Crippen LogP contribution in [0.15, 0.2) is 16.7 Å². The first-order chi connectivity index (χ1) is 9.50. The summed E-state index contributed by atoms with van der Waals surface area (Å²) in [6.45, 7) is 11.4. The Morgan fingerprint density at radius 1 is 1.30 bits per heavy atom. The van der Waals surface area contributed by atoms with E-state index in [0.717, 1.165) is 24.8 Å². The van der Waals surface area contributed by atoms with Crippen LogP contribution in [-0.4, -0.2) is 25.0 Å². The molecule has 114 valence electrons. The van der Waals surface area contributed by atoms with E-state index in [1.54, 1.807) is 0 Å². The Morgan fingerprint density at radius 2 is 2.10 bits per heavy atom. The molecular formula is C17H30N2O. The minimum atomic E-state index is 0.447. The van der Waals surface area contributed by atoms with E-state index in [1.807, 2.05) is 13.3 Å². The molecule has 1 N–H and O–H groups in total. The van der Waals surface area contributed by atoms with Crippen LogP contribution < -0.4 is 5.32 Å². The minimum absolute atomic E-state index is 0.447. The summed E-state index contributed by atoms with van der Waals surface area (Å²) in [5.41, 5.74) is 1.79. The van der Waals surface area contributed by atoms with Crippen molar-refractivity contribution in [3.05, 3.63) is 23.7 Å². The Kier molecular flexibility index (Phi) is 5.28. The Morgan fingerprint density at radius 3 is 2.80 bits per heavy atom. The number of likely N-dealkylation sites (tertiary alicyclic amines) is 1. The molecule has 1 aromatic rings. The van der Waals surface area contributed by atoms with Gasteiger partial charge in [-0.2, -0.15) is 0 Å². The number of nitrogens with zero attached hydrogens (tertiary/aromatic N) is 1. The van der Waals surface area contributed by atoms with Crippen LogP contribution in [0, 0.1) is 11.3 Å². The van der Waals surface area contributed by atoms with E-state index in [0.29, 0.717) is 5.41 Å². The predicted octanol–water partition coefficient (Wildman–Crippen LogP) is 3.65. The van der Waals surface area contributed by atoms with Crippen LogP contribution in [0.5, 0.6) is 0 Å². The Balaban J connectivity index is 1.92. The molecule has 1 aliphatic rings. The number of nitrogens with one attached hydrogen (secondary N) is 1. The van der Waals surface area contributed by atoms with E-state index in [-0.39, 0.29) is 0 Å². The van der Waals surface area contributed by atoms with Crippen molar-refractivity contribution in [2.75, 3.05) is 20.1 Å². The normalized spacial score (nSPS) is 21.9. The maximum absolute atomic E-state index is 5.56. The predicted molar refractivity (Wildman–Crippen MR) is 83.5 cm³/mol. The van der Waals surface area contributed by atoms with Crippen LogP contribution in [0.4, 0.5) is 0 Å². The lowest BCUT2D eigenvalue weighted by molar-refractivity contribution is 0.206. The fourth-order valence-corrected chi connectivity index (χ4v) is 3.24. The number of hydrogen-bond acceptors (Lipinski definition) is 3. The van der Waals surface area contributed by atoms with E-state index in [1.165, 1.54) is 37.9 Å². The third-order valence-electron chi connectivity index (χ3n) is 4.61. The molecule has 1 fully saturated rings. The van der Waals surface area contributed by atoms with Crippen molar-refractivity contribution in [2.24, 2.45) is 11.3 Å². The van der Waals surface area contributed by atoms with Gasteiger partial charge < -0.3 is 9.73 Å². The molecule has 2 rings (SSSR count). The Hall–Kier alpha value is -0.800. The monoisotopic (exact) mass is 278 g/mol. The SMILES string of the molecule is CNCc1occc1CN1CCCC(C(C)(C)C)CC1. The van der Waals surface area contributed by atoms with Gasteiger partial charge in [0, 0.05) is 12.1 Å². The summed E-state index contributed by atoms with van der Waals surface area (Å²) in [7, 11) is 1.96. The van der Waals surface area contributed by atoms with Crippen molar-refractivity contribution in [3.63, 3.8) is 0 Å². The van der Waals surface area contributed by atoms with Gasteiger partial charge in [0.1, 0.15) is 5.76 Å². The van der Waals surface area contributed by atoms with Gasteiger partial charge in [-0.05, 0) is 56.8 Å². The van der Waals surface area contributed by atoms with Crippen molar-refractivity contribution < 1.29 is 4.42 Å². The van der Waals surface area contributed by atoms with Gasteiger partial charge in [0.15, 0.2) is 0 Å². The molecule has 20 heavy (non-hydrogen) atoms. The molecule has 1 aromatic heterocycles. The van der Waals surface area contributed by atoms with Gasteiger partial charge in [0.2, 0.25) is 0 Å². The zero-order valence-electron chi connectivity index (χ0n) is 13.5. The second kappa shape index (κ2) is 6.77. The summed E-state index contributed by atoms with van der Waals surface area (Å²) in [5, 5.41) is 3.17. The van der Waals surface area contributed by atoms with Crippen molar-refractivity contribution in [3.8, 4) is 0 Å². The van der Waals surface area contributed by atoms with Crippen LogP contribution >= 0.6 is 0 Å². The zero-order valence-corrected chi connectivity index (χ0v) is 13.5. The second-order valence-corrected chi connectivity index (χ2v) is 7.17. The second-order valence-electron chi connectivity index (χ2n) is 7.17. The van der Waals surface area contributed by atoms with Gasteiger partial charge in [-0.15, -0.1) is 0 Å². The fourth-order valence-electron chi connectivity index (χ4n) is 3.24. The number of hydrogen-bond donors (Lipinski definition) is 1. The van der Waals surface area contributed by atoms with Gasteiger partial charge >= 0.3 is 0 Å². The molecule has 0 saturated carbocycles. The molecule has 3 heteroatoms. The molecule has 2 heterocycles. The van der Waals surface area contributed by atoms with Crippen LogP contribution in [0.2, 0.25) is 0 Å². The van der Waals surface area contributed by atoms with Crippen LogP contribution in [0.25, 0.3) is 0 Å². The first kappa shape index (κ1) is 15.6. The highest BCUT2D eigenvalue weighted by Crippen LogP contribution is 2.34. The summed E-state index contributed by atoms with van der Waals surface area (Å²) in [5.74, 6) is 1.94. The van der Waals surface area contributed by atoms with Gasteiger partial charge in [-0.25, -0.2) is 0 Å². The zero-order chi connectivity index (χ0) is 14.6. The highest BCUT2D eigenvalue weighted by molar-refractivity contribution is 5.16. The average molecular weight is 278 g/mol. The van der Waals surface area contributed by atoms with Crippen LogP contribution in [0.1, 0.15) is 51.4 Å². The van der Waals surface area contributed by atoms with Gasteiger partial charge in [0.25, 0.3) is 0 Å². The van der Waals surface area contributed by atoms with Crippen LogP contribution in [0.3, 0.4) is 0 Å². The lowest BCUT2D eigenvalue weighted by atomic mass is 9.77. The molecule has 0 radical (unpaired) electrons. The van der Waals surface area contributed by atoms with Gasteiger partial charge in [-0.3, -0.25) is 4.90 Å². The number of furan rings is 1. The molecule has 0 aromatic carbocycles. The lowest BCUT2D eigenvalue weighted by Gasteiger charge is -2.29. The highest BCUT2D eigenvalue weighted by Gasteiger charge is 2.27. The largest absolute Gasteiger partial charge is 0.468 e. The third-order valence-corrected chi connectivity index (χ3v) is 4.61. The van der Waals surface area contributed by atoms with E-state index >= 15 is 0 Å². The van der Waals surface area contributed by atoms with Crippen molar-refractivity contribution in [2.45, 2.75) is 53.1 Å². The Bertz CT molecular complexity index is 405. The smallest absolute Gasteiger partial charge is 0.122 e. The number of rotatable bonds is 4. The molecule has 0 bridgehead atoms. The first-order valence-electron chi connectivity index (χ1n) is 7.93. The maximum atomic E-state index is 5.56. The molecule has 0 spiro atoms. The molecule has 1 saturated heterocycles. The summed E-state index contributed by atoms with van der Waals surface area (Å²) >= 11 is 0. The standard InChI is InChI=1S/C17H30N2O/c1-17(2,3)15-6-5-9-19(10-7-15)13-14-8-11-20-16(14)12-18-4/h8,11,15,18H,5-7,9-10,12-13H2,1-4H3. The van der Waals surface area contributed by atoms with Crippen LogP contribution in [-0.2, 0) is 13.1 Å². The molecule has 0 amide bonds. The van der Waals surface area contributed by atoms with E-state index in [9.17, 15) is 0 Å². The quantitative estimate of drug-likeness (QED) is 0.911. The first-order valence-corrected chi connectivity index (χ1v) is 7.93. The summed E-state index contributed by atoms with van der Waals surface area (Å²) in [6, 6.07) is 2.12. The van der Waals surface area contributed by atoms with Crippen molar-refractivity contribution in [1.82, 2.24) is 10.2 Å². The maximum Gasteiger partial charge on any atom is 0.122 e. The molecule has 3 nitrogen and oxygen atoms in total. The van der Waals surface area contributed by atoms with Gasteiger partial charge in [-0.1, -0.05) is 20.8 Å². The lowest BCUT2D eigenvalue weighted by Crippen LogP contribution is -2.26. The summed E-state index contributed by atoms with van der Waals surface area (Å²) in [4.78, 5) is 2.59. The van der Waals surface area contributed by atoms with Crippen molar-refractivity contribution >= 4 is 0 Å². The van der Waals surface area contributed by atoms with E-state index < -0.39 is 0 Å². The molecule has 1 unspecified atom stereocenters. The molecular weight excluding hydrogens is 248 g/mol. The Labute approximate surface area is 123 Å². The average Bonchev–Trinajstić information content (AvgIpc) is 2.65. The van der Waals surface area contributed by atoms with E-state index in [4.69, 9.17) is 4.42 Å².